The molecule has 2 rings (SSSR count). The van der Waals surface area contributed by atoms with Gasteiger partial charge in [-0.15, -0.1) is 11.3 Å². The first-order chi connectivity index (χ1) is 7.96. The first-order valence-electron chi connectivity index (χ1n) is 6.17. The Morgan fingerprint density at radius 1 is 1.24 bits per heavy atom. The van der Waals surface area contributed by atoms with Crippen molar-refractivity contribution in [3.63, 3.8) is 0 Å². The minimum Gasteiger partial charge on any atom is -0.309 e. The van der Waals surface area contributed by atoms with Gasteiger partial charge in [-0.05, 0) is 29.9 Å². The summed E-state index contributed by atoms with van der Waals surface area (Å²) < 4.78 is 1.38. The van der Waals surface area contributed by atoms with E-state index < -0.39 is 0 Å². The zero-order chi connectivity index (χ0) is 12.5. The molecule has 0 aliphatic rings. The van der Waals surface area contributed by atoms with Gasteiger partial charge in [0.15, 0.2) is 0 Å². The second-order valence-electron chi connectivity index (χ2n) is 5.85. The van der Waals surface area contributed by atoms with Crippen molar-refractivity contribution in [3.05, 3.63) is 35.2 Å². The normalized spacial score (nSPS) is 14.1. The number of hydrogen-bond acceptors (Lipinski definition) is 2. The zero-order valence-corrected chi connectivity index (χ0v) is 11.9. The number of rotatable bonds is 3. The fraction of sp³-hybridized carbons (Fsp3) is 0.467. The molecule has 0 aliphatic heterocycles. The standard InChI is InChI=1S/C15H21NS/c1-11(16-10-15(2,3)4)14-9-12-7-5-6-8-13(12)17-14/h5-9,11,16H,10H2,1-4H3. The monoisotopic (exact) mass is 247 g/mol. The minimum atomic E-state index is 0.338. The van der Waals surface area contributed by atoms with Crippen LogP contribution in [-0.2, 0) is 0 Å². The molecule has 1 heterocycles. The summed E-state index contributed by atoms with van der Waals surface area (Å²) in [5, 5.41) is 4.97. The summed E-state index contributed by atoms with van der Waals surface area (Å²) >= 11 is 1.89. The molecule has 2 heteroatoms. The number of benzene rings is 1. The molecule has 0 spiro atoms. The topological polar surface area (TPSA) is 12.0 Å². The van der Waals surface area contributed by atoms with Crippen molar-refractivity contribution < 1.29 is 0 Å². The molecule has 1 unspecified atom stereocenters. The third kappa shape index (κ3) is 3.30. The van der Waals surface area contributed by atoms with Gasteiger partial charge in [0, 0.05) is 22.2 Å². The highest BCUT2D eigenvalue weighted by molar-refractivity contribution is 7.19. The molecule has 1 N–H and O–H groups in total. The molecule has 0 bridgehead atoms. The molecule has 0 radical (unpaired) electrons. The van der Waals surface area contributed by atoms with E-state index >= 15 is 0 Å². The molecule has 92 valence electrons. The molecule has 0 amide bonds. The lowest BCUT2D eigenvalue weighted by molar-refractivity contribution is 0.361. The van der Waals surface area contributed by atoms with E-state index in [4.69, 9.17) is 0 Å². The first-order valence-corrected chi connectivity index (χ1v) is 6.99. The van der Waals surface area contributed by atoms with Crippen molar-refractivity contribution >= 4 is 21.4 Å². The summed E-state index contributed by atoms with van der Waals surface area (Å²) in [4.78, 5) is 1.43. The van der Waals surface area contributed by atoms with Crippen LogP contribution in [0.5, 0.6) is 0 Å². The first kappa shape index (κ1) is 12.6. The van der Waals surface area contributed by atoms with Crippen LogP contribution in [0.3, 0.4) is 0 Å². The fourth-order valence-electron chi connectivity index (χ4n) is 1.78. The Kier molecular flexibility index (Phi) is 3.55. The van der Waals surface area contributed by atoms with E-state index in [0.717, 1.165) is 6.54 Å². The van der Waals surface area contributed by atoms with Crippen molar-refractivity contribution in [1.29, 1.82) is 0 Å². The van der Waals surface area contributed by atoms with Gasteiger partial charge in [-0.25, -0.2) is 0 Å². The summed E-state index contributed by atoms with van der Waals surface area (Å²) in [6.07, 6.45) is 0. The highest BCUT2D eigenvalue weighted by Crippen LogP contribution is 2.29. The quantitative estimate of drug-likeness (QED) is 0.836. The van der Waals surface area contributed by atoms with E-state index in [9.17, 15) is 0 Å². The van der Waals surface area contributed by atoms with Crippen molar-refractivity contribution in [2.24, 2.45) is 5.41 Å². The van der Waals surface area contributed by atoms with E-state index in [0.29, 0.717) is 11.5 Å². The molecule has 0 aliphatic carbocycles. The van der Waals surface area contributed by atoms with Crippen molar-refractivity contribution in [2.45, 2.75) is 33.7 Å². The van der Waals surface area contributed by atoms with Crippen LogP contribution in [0.15, 0.2) is 30.3 Å². The Hall–Kier alpha value is -0.860. The number of fused-ring (bicyclic) bond motifs is 1. The van der Waals surface area contributed by atoms with Crippen LogP contribution < -0.4 is 5.32 Å². The Balaban J connectivity index is 2.11. The molecule has 1 aromatic carbocycles. The molecule has 1 nitrogen and oxygen atoms in total. The van der Waals surface area contributed by atoms with Crippen molar-refractivity contribution in [1.82, 2.24) is 5.32 Å². The largest absolute Gasteiger partial charge is 0.309 e. The molecule has 1 aromatic heterocycles. The molecule has 2 aromatic rings. The average molecular weight is 247 g/mol. The summed E-state index contributed by atoms with van der Waals surface area (Å²) in [6, 6.07) is 11.3. The fourth-order valence-corrected chi connectivity index (χ4v) is 2.87. The second-order valence-corrected chi connectivity index (χ2v) is 6.97. The smallest absolute Gasteiger partial charge is 0.0386 e. The predicted octanol–water partition coefficient (Wildman–Crippen LogP) is 4.60. The second kappa shape index (κ2) is 4.79. The maximum absolute atomic E-state index is 3.61. The molecule has 0 fully saturated rings. The van der Waals surface area contributed by atoms with E-state index in [1.165, 1.54) is 15.0 Å². The van der Waals surface area contributed by atoms with Gasteiger partial charge in [-0.3, -0.25) is 0 Å². The molecule has 0 saturated carbocycles. The van der Waals surface area contributed by atoms with E-state index in [2.05, 4.69) is 63.3 Å². The Bertz CT molecular complexity index is 460. The molecule has 17 heavy (non-hydrogen) atoms. The van der Waals surface area contributed by atoms with Gasteiger partial charge >= 0.3 is 0 Å². The van der Waals surface area contributed by atoms with Crippen LogP contribution in [0, 0.1) is 5.41 Å². The van der Waals surface area contributed by atoms with Gasteiger partial charge in [0.25, 0.3) is 0 Å². The summed E-state index contributed by atoms with van der Waals surface area (Å²) in [6.45, 7) is 10.1. The number of hydrogen-bond donors (Lipinski definition) is 1. The Morgan fingerprint density at radius 2 is 1.94 bits per heavy atom. The van der Waals surface area contributed by atoms with E-state index in [1.807, 2.05) is 11.3 Å². The van der Waals surface area contributed by atoms with Gasteiger partial charge in [0.2, 0.25) is 0 Å². The predicted molar refractivity (Wildman–Crippen MR) is 77.7 cm³/mol. The maximum Gasteiger partial charge on any atom is 0.0386 e. The van der Waals surface area contributed by atoms with Gasteiger partial charge in [0.1, 0.15) is 0 Å². The van der Waals surface area contributed by atoms with E-state index in [1.54, 1.807) is 0 Å². The molecular formula is C15H21NS. The Morgan fingerprint density at radius 3 is 2.59 bits per heavy atom. The number of thiophene rings is 1. The SMILES string of the molecule is CC(NCC(C)(C)C)c1cc2ccccc2s1. The third-order valence-corrected chi connectivity index (χ3v) is 4.11. The van der Waals surface area contributed by atoms with Crippen LogP contribution in [0.2, 0.25) is 0 Å². The molecule has 0 saturated heterocycles. The molecular weight excluding hydrogens is 226 g/mol. The summed E-state index contributed by atoms with van der Waals surface area (Å²) in [5.74, 6) is 0. The summed E-state index contributed by atoms with van der Waals surface area (Å²) in [5.41, 5.74) is 0.338. The number of nitrogens with one attached hydrogen (secondary N) is 1. The van der Waals surface area contributed by atoms with E-state index in [-0.39, 0.29) is 0 Å². The van der Waals surface area contributed by atoms with Crippen molar-refractivity contribution in [3.8, 4) is 0 Å². The van der Waals surface area contributed by atoms with Gasteiger partial charge in [0.05, 0.1) is 0 Å². The van der Waals surface area contributed by atoms with Gasteiger partial charge in [-0.2, -0.15) is 0 Å². The van der Waals surface area contributed by atoms with Crippen LogP contribution >= 0.6 is 11.3 Å². The van der Waals surface area contributed by atoms with Crippen LogP contribution in [-0.4, -0.2) is 6.54 Å². The maximum atomic E-state index is 3.61. The highest BCUT2D eigenvalue weighted by Gasteiger charge is 2.14. The van der Waals surface area contributed by atoms with Gasteiger partial charge < -0.3 is 5.32 Å². The van der Waals surface area contributed by atoms with Crippen LogP contribution in [0.4, 0.5) is 0 Å². The molecule has 1 atom stereocenters. The van der Waals surface area contributed by atoms with Crippen LogP contribution in [0.25, 0.3) is 10.1 Å². The third-order valence-electron chi connectivity index (χ3n) is 2.81. The van der Waals surface area contributed by atoms with Crippen molar-refractivity contribution in [2.75, 3.05) is 6.54 Å². The minimum absolute atomic E-state index is 0.338. The summed E-state index contributed by atoms with van der Waals surface area (Å²) in [7, 11) is 0. The lowest BCUT2D eigenvalue weighted by atomic mass is 9.96. The average Bonchev–Trinajstić information content (AvgIpc) is 2.68. The lowest BCUT2D eigenvalue weighted by Crippen LogP contribution is -2.28. The lowest BCUT2D eigenvalue weighted by Gasteiger charge is -2.22. The van der Waals surface area contributed by atoms with Gasteiger partial charge in [-0.1, -0.05) is 39.0 Å². The zero-order valence-electron chi connectivity index (χ0n) is 11.1. The Labute approximate surface area is 108 Å². The highest BCUT2D eigenvalue weighted by atomic mass is 32.1. The van der Waals surface area contributed by atoms with Crippen LogP contribution in [0.1, 0.15) is 38.6 Å².